The van der Waals surface area contributed by atoms with E-state index in [9.17, 15) is 9.90 Å². The molecule has 0 saturated heterocycles. The van der Waals surface area contributed by atoms with Gasteiger partial charge >= 0.3 is 0 Å². The fourth-order valence-corrected chi connectivity index (χ4v) is 3.06. The molecule has 102 valence electrons. The molecule has 3 heteroatoms. The van der Waals surface area contributed by atoms with Crippen LogP contribution in [0, 0.1) is 11.3 Å². The normalized spacial score (nSPS) is 35.7. The van der Waals surface area contributed by atoms with Gasteiger partial charge in [-0.2, -0.15) is 0 Å². The Labute approximate surface area is 110 Å². The van der Waals surface area contributed by atoms with Gasteiger partial charge in [0.05, 0.1) is 6.10 Å². The molecule has 0 aromatic carbocycles. The molecule has 0 heterocycles. The van der Waals surface area contributed by atoms with Crippen molar-refractivity contribution in [2.24, 2.45) is 11.3 Å². The van der Waals surface area contributed by atoms with Gasteiger partial charge in [0.1, 0.15) is 0 Å². The van der Waals surface area contributed by atoms with Gasteiger partial charge < -0.3 is 10.4 Å². The van der Waals surface area contributed by atoms with E-state index in [0.29, 0.717) is 18.9 Å². The molecule has 2 aliphatic carbocycles. The van der Waals surface area contributed by atoms with Gasteiger partial charge in [-0.3, -0.25) is 4.79 Å². The van der Waals surface area contributed by atoms with Crippen LogP contribution in [0.25, 0.3) is 0 Å². The maximum Gasteiger partial charge on any atom is 0.220 e. The van der Waals surface area contributed by atoms with Crippen LogP contribution >= 0.6 is 0 Å². The Morgan fingerprint density at radius 3 is 2.94 bits per heavy atom. The highest BCUT2D eigenvalue weighted by Crippen LogP contribution is 2.35. The standard InChI is InChI=1S/C15H25NO2/c1-15(9-5-4-8-13(15)17)11-16-14(18)10-12-6-2-3-7-12/h2,6,12-13,17H,3-5,7-11H2,1H3,(H,16,18)/t12-,13+,15-/m1/s1. The summed E-state index contributed by atoms with van der Waals surface area (Å²) in [6.07, 6.45) is 11.0. The summed E-state index contributed by atoms with van der Waals surface area (Å²) in [4.78, 5) is 11.9. The van der Waals surface area contributed by atoms with Crippen molar-refractivity contribution < 1.29 is 9.90 Å². The highest BCUT2D eigenvalue weighted by Gasteiger charge is 2.35. The maximum atomic E-state index is 11.9. The summed E-state index contributed by atoms with van der Waals surface area (Å²) >= 11 is 0. The van der Waals surface area contributed by atoms with Crippen LogP contribution in [0.1, 0.15) is 51.9 Å². The number of amides is 1. The van der Waals surface area contributed by atoms with Gasteiger partial charge in [0.15, 0.2) is 0 Å². The molecule has 3 atom stereocenters. The average molecular weight is 251 g/mol. The third kappa shape index (κ3) is 3.35. The van der Waals surface area contributed by atoms with Crippen molar-refractivity contribution in [3.05, 3.63) is 12.2 Å². The Kier molecular flexibility index (Phi) is 4.44. The summed E-state index contributed by atoms with van der Waals surface area (Å²) in [7, 11) is 0. The summed E-state index contributed by atoms with van der Waals surface area (Å²) in [5, 5.41) is 13.1. The molecule has 1 saturated carbocycles. The van der Waals surface area contributed by atoms with Crippen LogP contribution in [0.4, 0.5) is 0 Å². The molecule has 2 N–H and O–H groups in total. The van der Waals surface area contributed by atoms with E-state index in [0.717, 1.165) is 38.5 Å². The number of hydrogen-bond acceptors (Lipinski definition) is 2. The van der Waals surface area contributed by atoms with Gasteiger partial charge in [0, 0.05) is 18.4 Å². The van der Waals surface area contributed by atoms with Crippen molar-refractivity contribution in [3.8, 4) is 0 Å². The molecular weight excluding hydrogens is 226 g/mol. The van der Waals surface area contributed by atoms with Gasteiger partial charge in [-0.05, 0) is 31.6 Å². The quantitative estimate of drug-likeness (QED) is 0.754. The average Bonchev–Trinajstić information content (AvgIpc) is 2.84. The van der Waals surface area contributed by atoms with Crippen molar-refractivity contribution in [1.29, 1.82) is 0 Å². The fourth-order valence-electron chi connectivity index (χ4n) is 3.06. The van der Waals surface area contributed by atoms with Crippen LogP contribution in [0.3, 0.4) is 0 Å². The summed E-state index contributed by atoms with van der Waals surface area (Å²) in [6.45, 7) is 2.70. The second kappa shape index (κ2) is 5.87. The third-order valence-electron chi connectivity index (χ3n) is 4.53. The minimum absolute atomic E-state index is 0.126. The van der Waals surface area contributed by atoms with Gasteiger partial charge in [0.2, 0.25) is 5.91 Å². The number of hydrogen-bond donors (Lipinski definition) is 2. The van der Waals surface area contributed by atoms with E-state index in [1.807, 2.05) is 0 Å². The summed E-state index contributed by atoms with van der Waals surface area (Å²) in [5.74, 6) is 0.555. The van der Waals surface area contributed by atoms with Crippen LogP contribution < -0.4 is 5.32 Å². The van der Waals surface area contributed by atoms with Crippen LogP contribution in [0.5, 0.6) is 0 Å². The zero-order valence-electron chi connectivity index (χ0n) is 11.3. The van der Waals surface area contributed by atoms with Crippen LogP contribution in [0.2, 0.25) is 0 Å². The molecule has 0 radical (unpaired) electrons. The van der Waals surface area contributed by atoms with Gasteiger partial charge in [-0.15, -0.1) is 0 Å². The van der Waals surface area contributed by atoms with Gasteiger partial charge in [-0.25, -0.2) is 0 Å². The topological polar surface area (TPSA) is 49.3 Å². The Balaban J connectivity index is 1.75. The lowest BCUT2D eigenvalue weighted by Crippen LogP contribution is -2.45. The molecule has 1 fully saturated rings. The first-order chi connectivity index (χ1) is 8.60. The monoisotopic (exact) mass is 251 g/mol. The minimum atomic E-state index is -0.266. The lowest BCUT2D eigenvalue weighted by molar-refractivity contribution is -0.122. The van der Waals surface area contributed by atoms with E-state index in [2.05, 4.69) is 24.4 Å². The number of allylic oxidation sites excluding steroid dienone is 2. The molecule has 1 amide bonds. The first kappa shape index (κ1) is 13.6. The summed E-state index contributed by atoms with van der Waals surface area (Å²) in [6, 6.07) is 0. The van der Waals surface area contributed by atoms with Crippen molar-refractivity contribution in [1.82, 2.24) is 5.32 Å². The van der Waals surface area contributed by atoms with E-state index in [-0.39, 0.29) is 17.4 Å². The first-order valence-electron chi connectivity index (χ1n) is 7.21. The van der Waals surface area contributed by atoms with Crippen molar-refractivity contribution in [3.63, 3.8) is 0 Å². The highest BCUT2D eigenvalue weighted by atomic mass is 16.3. The molecule has 0 aromatic heterocycles. The first-order valence-corrected chi connectivity index (χ1v) is 7.21. The third-order valence-corrected chi connectivity index (χ3v) is 4.53. The summed E-state index contributed by atoms with van der Waals surface area (Å²) in [5.41, 5.74) is -0.126. The zero-order valence-corrected chi connectivity index (χ0v) is 11.3. The highest BCUT2D eigenvalue weighted by molar-refractivity contribution is 5.76. The molecule has 0 aliphatic heterocycles. The summed E-state index contributed by atoms with van der Waals surface area (Å²) < 4.78 is 0. The molecule has 18 heavy (non-hydrogen) atoms. The van der Waals surface area contributed by atoms with E-state index < -0.39 is 0 Å². The molecule has 0 bridgehead atoms. The second-order valence-electron chi connectivity index (χ2n) is 6.16. The molecule has 2 aliphatic rings. The van der Waals surface area contributed by atoms with Crippen molar-refractivity contribution in [2.45, 2.75) is 58.0 Å². The predicted octanol–water partition coefficient (Wildman–Crippen LogP) is 2.40. The number of aliphatic hydroxyl groups is 1. The molecule has 0 aromatic rings. The second-order valence-corrected chi connectivity index (χ2v) is 6.16. The largest absolute Gasteiger partial charge is 0.392 e. The zero-order chi connectivity index (χ0) is 13.0. The lowest BCUT2D eigenvalue weighted by Gasteiger charge is -2.38. The number of aliphatic hydroxyl groups excluding tert-OH is 1. The number of carbonyl (C=O) groups is 1. The van der Waals surface area contributed by atoms with Crippen LogP contribution in [-0.4, -0.2) is 23.7 Å². The smallest absolute Gasteiger partial charge is 0.220 e. The van der Waals surface area contributed by atoms with Crippen LogP contribution in [-0.2, 0) is 4.79 Å². The molecule has 2 rings (SSSR count). The molecule has 0 spiro atoms. The lowest BCUT2D eigenvalue weighted by atomic mass is 9.73. The number of nitrogens with one attached hydrogen (secondary N) is 1. The van der Waals surface area contributed by atoms with E-state index in [4.69, 9.17) is 0 Å². The minimum Gasteiger partial charge on any atom is -0.392 e. The Morgan fingerprint density at radius 1 is 1.44 bits per heavy atom. The Hall–Kier alpha value is -0.830. The van der Waals surface area contributed by atoms with Gasteiger partial charge in [-0.1, -0.05) is 31.9 Å². The van der Waals surface area contributed by atoms with E-state index in [1.165, 1.54) is 0 Å². The number of rotatable bonds is 4. The molecule has 3 nitrogen and oxygen atoms in total. The maximum absolute atomic E-state index is 11.9. The van der Waals surface area contributed by atoms with Crippen LogP contribution in [0.15, 0.2) is 12.2 Å². The predicted molar refractivity (Wildman–Crippen MR) is 72.1 cm³/mol. The van der Waals surface area contributed by atoms with Gasteiger partial charge in [0.25, 0.3) is 0 Å². The fraction of sp³-hybridized carbons (Fsp3) is 0.800. The van der Waals surface area contributed by atoms with Crippen molar-refractivity contribution in [2.75, 3.05) is 6.54 Å². The molecular formula is C15H25NO2. The number of carbonyl (C=O) groups excluding carboxylic acids is 1. The Bertz CT molecular complexity index is 326. The molecule has 0 unspecified atom stereocenters. The van der Waals surface area contributed by atoms with E-state index >= 15 is 0 Å². The SMILES string of the molecule is C[C@]1(CNC(=O)C[C@@H]2C=CCC2)CCCC[C@@H]1O. The Morgan fingerprint density at radius 2 is 2.28 bits per heavy atom. The van der Waals surface area contributed by atoms with E-state index in [1.54, 1.807) is 0 Å². The van der Waals surface area contributed by atoms with Crippen molar-refractivity contribution >= 4 is 5.91 Å².